The molecule has 2 rings (SSSR count). The average molecular weight is 258 g/mol. The summed E-state index contributed by atoms with van der Waals surface area (Å²) >= 11 is 0. The summed E-state index contributed by atoms with van der Waals surface area (Å²) in [7, 11) is 0. The summed E-state index contributed by atoms with van der Waals surface area (Å²) in [5.41, 5.74) is 1.91. The zero-order valence-electron chi connectivity index (χ0n) is 11.0. The van der Waals surface area contributed by atoms with E-state index in [1.54, 1.807) is 18.6 Å². The minimum absolute atomic E-state index is 0.534. The lowest BCUT2D eigenvalue weighted by Gasteiger charge is -2.12. The molecule has 2 aromatic heterocycles. The van der Waals surface area contributed by atoms with Crippen LogP contribution in [0.1, 0.15) is 30.6 Å². The molecule has 2 aromatic rings. The van der Waals surface area contributed by atoms with E-state index in [4.69, 9.17) is 4.74 Å². The zero-order chi connectivity index (χ0) is 13.5. The Bertz CT molecular complexity index is 503. The molecule has 0 aliphatic carbocycles. The summed E-state index contributed by atoms with van der Waals surface area (Å²) in [6.45, 7) is 2.52. The van der Waals surface area contributed by atoms with Crippen LogP contribution in [0.2, 0.25) is 0 Å². The van der Waals surface area contributed by atoms with Crippen molar-refractivity contribution in [3.8, 4) is 5.75 Å². The predicted octanol–water partition coefficient (Wildman–Crippen LogP) is 2.54. The van der Waals surface area contributed by atoms with E-state index in [9.17, 15) is 5.11 Å². The minimum atomic E-state index is -0.534. The molecule has 0 amide bonds. The van der Waals surface area contributed by atoms with Crippen molar-refractivity contribution in [2.24, 2.45) is 0 Å². The highest BCUT2D eigenvalue weighted by Crippen LogP contribution is 2.21. The Balaban J connectivity index is 1.95. The maximum atomic E-state index is 10.2. The Morgan fingerprint density at radius 2 is 2.16 bits per heavy atom. The van der Waals surface area contributed by atoms with E-state index < -0.39 is 6.10 Å². The molecule has 100 valence electrons. The van der Waals surface area contributed by atoms with Gasteiger partial charge in [-0.15, -0.1) is 0 Å². The molecule has 0 spiro atoms. The van der Waals surface area contributed by atoms with Gasteiger partial charge in [-0.1, -0.05) is 6.07 Å². The van der Waals surface area contributed by atoms with Gasteiger partial charge in [0.25, 0.3) is 0 Å². The molecular formula is C15H18N2O2. The van der Waals surface area contributed by atoms with Crippen molar-refractivity contribution in [2.45, 2.75) is 25.9 Å². The van der Waals surface area contributed by atoms with E-state index >= 15 is 0 Å². The molecule has 0 aromatic carbocycles. The number of hydrogen-bond donors (Lipinski definition) is 1. The van der Waals surface area contributed by atoms with Crippen molar-refractivity contribution in [2.75, 3.05) is 6.61 Å². The van der Waals surface area contributed by atoms with Crippen LogP contribution < -0.4 is 4.74 Å². The molecule has 0 radical (unpaired) electrons. The molecule has 0 aliphatic rings. The monoisotopic (exact) mass is 258 g/mol. The molecule has 0 saturated carbocycles. The normalized spacial score (nSPS) is 12.1. The summed E-state index contributed by atoms with van der Waals surface area (Å²) in [4.78, 5) is 8.14. The van der Waals surface area contributed by atoms with Gasteiger partial charge in [0, 0.05) is 24.2 Å². The first kappa shape index (κ1) is 13.5. The fourth-order valence-corrected chi connectivity index (χ4v) is 1.88. The molecule has 0 bridgehead atoms. The Morgan fingerprint density at radius 1 is 1.26 bits per heavy atom. The number of pyridine rings is 2. The standard InChI is InChI=1S/C15H18N2O2/c1-2-19-14-8-13(10-17-11-14)15(18)6-5-12-4-3-7-16-9-12/h3-4,7-11,15,18H,2,5-6H2,1H3. The first-order valence-corrected chi connectivity index (χ1v) is 6.44. The van der Waals surface area contributed by atoms with Crippen LogP contribution in [0, 0.1) is 0 Å². The first-order chi connectivity index (χ1) is 9.29. The number of aliphatic hydroxyl groups is 1. The number of aliphatic hydroxyl groups excluding tert-OH is 1. The number of ether oxygens (including phenoxy) is 1. The third kappa shape index (κ3) is 4.03. The first-order valence-electron chi connectivity index (χ1n) is 6.44. The van der Waals surface area contributed by atoms with E-state index in [1.165, 1.54) is 0 Å². The van der Waals surface area contributed by atoms with Gasteiger partial charge >= 0.3 is 0 Å². The molecule has 0 saturated heterocycles. The van der Waals surface area contributed by atoms with E-state index in [2.05, 4.69) is 9.97 Å². The lowest BCUT2D eigenvalue weighted by molar-refractivity contribution is 0.167. The van der Waals surface area contributed by atoms with Gasteiger partial charge in [0.1, 0.15) is 5.75 Å². The molecular weight excluding hydrogens is 240 g/mol. The Morgan fingerprint density at radius 3 is 2.89 bits per heavy atom. The molecule has 0 aliphatic heterocycles. The van der Waals surface area contributed by atoms with Gasteiger partial charge in [0.2, 0.25) is 0 Å². The second-order valence-electron chi connectivity index (χ2n) is 4.30. The second kappa shape index (κ2) is 6.85. The number of nitrogens with zero attached hydrogens (tertiary/aromatic N) is 2. The number of rotatable bonds is 6. The largest absolute Gasteiger partial charge is 0.492 e. The topological polar surface area (TPSA) is 55.2 Å². The second-order valence-corrected chi connectivity index (χ2v) is 4.30. The maximum absolute atomic E-state index is 10.2. The molecule has 0 fully saturated rings. The van der Waals surface area contributed by atoms with Gasteiger partial charge in [-0.2, -0.15) is 0 Å². The zero-order valence-corrected chi connectivity index (χ0v) is 11.0. The predicted molar refractivity (Wildman–Crippen MR) is 72.9 cm³/mol. The van der Waals surface area contributed by atoms with Gasteiger partial charge in [0.15, 0.2) is 0 Å². The fourth-order valence-electron chi connectivity index (χ4n) is 1.88. The number of aryl methyl sites for hydroxylation is 1. The van der Waals surface area contributed by atoms with E-state index in [1.807, 2.05) is 31.3 Å². The highest BCUT2D eigenvalue weighted by molar-refractivity contribution is 5.25. The molecule has 1 N–H and O–H groups in total. The van der Waals surface area contributed by atoms with Crippen LogP contribution in [0.4, 0.5) is 0 Å². The Hall–Kier alpha value is -1.94. The third-order valence-corrected chi connectivity index (χ3v) is 2.86. The molecule has 1 unspecified atom stereocenters. The number of aromatic nitrogens is 2. The van der Waals surface area contributed by atoms with Crippen molar-refractivity contribution in [3.05, 3.63) is 54.1 Å². The van der Waals surface area contributed by atoms with Gasteiger partial charge in [-0.25, -0.2) is 0 Å². The summed E-state index contributed by atoms with van der Waals surface area (Å²) < 4.78 is 5.38. The lowest BCUT2D eigenvalue weighted by atomic mass is 10.0. The summed E-state index contributed by atoms with van der Waals surface area (Å²) in [6, 6.07) is 5.75. The minimum Gasteiger partial charge on any atom is -0.492 e. The van der Waals surface area contributed by atoms with E-state index in [0.29, 0.717) is 18.8 Å². The van der Waals surface area contributed by atoms with Crippen LogP contribution in [0.15, 0.2) is 43.0 Å². The Labute approximate surface area is 113 Å². The lowest BCUT2D eigenvalue weighted by Crippen LogP contribution is -2.02. The van der Waals surface area contributed by atoms with Crippen molar-refractivity contribution in [1.82, 2.24) is 9.97 Å². The molecule has 4 heteroatoms. The van der Waals surface area contributed by atoms with Crippen LogP contribution >= 0.6 is 0 Å². The SMILES string of the molecule is CCOc1cncc(C(O)CCc2cccnc2)c1. The van der Waals surface area contributed by atoms with E-state index in [-0.39, 0.29) is 0 Å². The van der Waals surface area contributed by atoms with Crippen molar-refractivity contribution in [1.29, 1.82) is 0 Å². The number of hydrogen-bond acceptors (Lipinski definition) is 4. The van der Waals surface area contributed by atoms with Gasteiger partial charge < -0.3 is 9.84 Å². The fraction of sp³-hybridized carbons (Fsp3) is 0.333. The van der Waals surface area contributed by atoms with Crippen LogP contribution in [0.3, 0.4) is 0 Å². The molecule has 4 nitrogen and oxygen atoms in total. The smallest absolute Gasteiger partial charge is 0.137 e. The summed E-state index contributed by atoms with van der Waals surface area (Å²) in [6.07, 6.45) is 7.79. The highest BCUT2D eigenvalue weighted by Gasteiger charge is 2.09. The van der Waals surface area contributed by atoms with Crippen molar-refractivity contribution in [3.63, 3.8) is 0 Å². The van der Waals surface area contributed by atoms with Crippen LogP contribution in [0.25, 0.3) is 0 Å². The van der Waals surface area contributed by atoms with Crippen LogP contribution in [0.5, 0.6) is 5.75 Å². The van der Waals surface area contributed by atoms with Crippen LogP contribution in [-0.4, -0.2) is 21.7 Å². The Kier molecular flexibility index (Phi) is 4.86. The molecule has 19 heavy (non-hydrogen) atoms. The van der Waals surface area contributed by atoms with Crippen LogP contribution in [-0.2, 0) is 6.42 Å². The van der Waals surface area contributed by atoms with Crippen molar-refractivity contribution < 1.29 is 9.84 Å². The van der Waals surface area contributed by atoms with Gasteiger partial charge in [-0.05, 0) is 37.5 Å². The molecule has 2 heterocycles. The van der Waals surface area contributed by atoms with E-state index in [0.717, 1.165) is 17.5 Å². The molecule has 1 atom stereocenters. The average Bonchev–Trinajstić information content (AvgIpc) is 2.46. The van der Waals surface area contributed by atoms with Crippen molar-refractivity contribution >= 4 is 0 Å². The van der Waals surface area contributed by atoms with Gasteiger partial charge in [0.05, 0.1) is 18.9 Å². The summed E-state index contributed by atoms with van der Waals surface area (Å²) in [5, 5.41) is 10.2. The maximum Gasteiger partial charge on any atom is 0.137 e. The third-order valence-electron chi connectivity index (χ3n) is 2.86. The quantitative estimate of drug-likeness (QED) is 0.865. The highest BCUT2D eigenvalue weighted by atomic mass is 16.5. The summed E-state index contributed by atoms with van der Waals surface area (Å²) in [5.74, 6) is 0.695. The van der Waals surface area contributed by atoms with Gasteiger partial charge in [-0.3, -0.25) is 9.97 Å².